The Balaban J connectivity index is 1.69. The number of hydrogen-bond acceptors (Lipinski definition) is 4. The van der Waals surface area contributed by atoms with Crippen molar-refractivity contribution in [2.45, 2.75) is 25.4 Å². The average Bonchev–Trinajstić information content (AvgIpc) is 3.03. The predicted octanol–water partition coefficient (Wildman–Crippen LogP) is 2.91. The zero-order valence-corrected chi connectivity index (χ0v) is 12.2. The van der Waals surface area contributed by atoms with E-state index in [4.69, 9.17) is 9.15 Å². The lowest BCUT2D eigenvalue weighted by Crippen LogP contribution is -2.34. The lowest BCUT2D eigenvalue weighted by molar-refractivity contribution is 0.0697. The summed E-state index contributed by atoms with van der Waals surface area (Å²) in [6.45, 7) is 2.24. The molecule has 0 atom stereocenters. The third kappa shape index (κ3) is 3.37. The first-order valence-corrected chi connectivity index (χ1v) is 7.46. The van der Waals surface area contributed by atoms with Crippen LogP contribution in [-0.2, 0) is 11.3 Å². The van der Waals surface area contributed by atoms with Gasteiger partial charge in [0.15, 0.2) is 0 Å². The van der Waals surface area contributed by atoms with Gasteiger partial charge in [0, 0.05) is 24.8 Å². The summed E-state index contributed by atoms with van der Waals surface area (Å²) in [6.07, 6.45) is 2.02. The van der Waals surface area contributed by atoms with Crippen LogP contribution in [0, 0.1) is 0 Å². The summed E-state index contributed by atoms with van der Waals surface area (Å²) in [5.41, 5.74) is 0.855. The van der Waals surface area contributed by atoms with E-state index in [0.717, 1.165) is 31.8 Å². The zero-order chi connectivity index (χ0) is 15.4. The Bertz CT molecular complexity index is 644. The Morgan fingerprint density at radius 2 is 1.95 bits per heavy atom. The number of carboxylic acid groups (broad SMARTS) is 1. The quantitative estimate of drug-likeness (QED) is 0.888. The fourth-order valence-corrected chi connectivity index (χ4v) is 2.65. The smallest absolute Gasteiger partial charge is 0.336 e. The summed E-state index contributed by atoms with van der Waals surface area (Å²) in [6, 6.07) is 11.0. The molecular weight excluding hydrogens is 282 g/mol. The SMILES string of the molecule is O=C(O)c1ccccc1-c1ccc(CNC2CCOCC2)o1. The van der Waals surface area contributed by atoms with E-state index in [1.54, 1.807) is 18.2 Å². The minimum absolute atomic E-state index is 0.251. The van der Waals surface area contributed by atoms with Gasteiger partial charge in [0.2, 0.25) is 0 Å². The van der Waals surface area contributed by atoms with Gasteiger partial charge in [-0.15, -0.1) is 0 Å². The van der Waals surface area contributed by atoms with Gasteiger partial charge in [-0.25, -0.2) is 4.79 Å². The maximum atomic E-state index is 11.3. The van der Waals surface area contributed by atoms with Crippen molar-refractivity contribution in [2.24, 2.45) is 0 Å². The number of ether oxygens (including phenoxy) is 1. The normalized spacial score (nSPS) is 15.8. The van der Waals surface area contributed by atoms with Crippen LogP contribution in [0.25, 0.3) is 11.3 Å². The molecule has 0 bridgehead atoms. The summed E-state index contributed by atoms with van der Waals surface area (Å²) in [7, 11) is 0. The van der Waals surface area contributed by atoms with Crippen LogP contribution in [0.4, 0.5) is 0 Å². The standard InChI is InChI=1S/C17H19NO4/c19-17(20)15-4-2-1-3-14(15)16-6-5-13(22-16)11-18-12-7-9-21-10-8-12/h1-6,12,18H,7-11H2,(H,19,20). The number of benzene rings is 1. The number of carbonyl (C=O) groups is 1. The molecule has 1 saturated heterocycles. The highest BCUT2D eigenvalue weighted by molar-refractivity contribution is 5.95. The summed E-state index contributed by atoms with van der Waals surface area (Å²) in [4.78, 5) is 11.3. The highest BCUT2D eigenvalue weighted by Gasteiger charge is 2.16. The van der Waals surface area contributed by atoms with Crippen LogP contribution in [0.2, 0.25) is 0 Å². The Kier molecular flexibility index (Phi) is 4.56. The van der Waals surface area contributed by atoms with Gasteiger partial charge in [0.1, 0.15) is 11.5 Å². The van der Waals surface area contributed by atoms with Gasteiger partial charge in [0.05, 0.1) is 12.1 Å². The third-order valence-corrected chi connectivity index (χ3v) is 3.87. The fourth-order valence-electron chi connectivity index (χ4n) is 2.65. The molecule has 0 spiro atoms. The van der Waals surface area contributed by atoms with Crippen molar-refractivity contribution >= 4 is 5.97 Å². The third-order valence-electron chi connectivity index (χ3n) is 3.87. The zero-order valence-electron chi connectivity index (χ0n) is 12.2. The van der Waals surface area contributed by atoms with Crippen LogP contribution in [-0.4, -0.2) is 30.3 Å². The van der Waals surface area contributed by atoms with E-state index >= 15 is 0 Å². The van der Waals surface area contributed by atoms with Crippen LogP contribution in [0.1, 0.15) is 29.0 Å². The maximum absolute atomic E-state index is 11.3. The summed E-state index contributed by atoms with van der Waals surface area (Å²) >= 11 is 0. The van der Waals surface area contributed by atoms with Gasteiger partial charge in [-0.2, -0.15) is 0 Å². The molecule has 0 radical (unpaired) electrons. The van der Waals surface area contributed by atoms with Crippen molar-refractivity contribution in [1.82, 2.24) is 5.32 Å². The van der Waals surface area contributed by atoms with Gasteiger partial charge in [0.25, 0.3) is 0 Å². The van der Waals surface area contributed by atoms with Gasteiger partial charge in [-0.1, -0.05) is 18.2 Å². The van der Waals surface area contributed by atoms with Crippen molar-refractivity contribution in [3.8, 4) is 11.3 Å². The lowest BCUT2D eigenvalue weighted by atomic mass is 10.1. The largest absolute Gasteiger partial charge is 0.478 e. The Morgan fingerprint density at radius 3 is 2.73 bits per heavy atom. The van der Waals surface area contributed by atoms with E-state index in [-0.39, 0.29) is 5.56 Å². The lowest BCUT2D eigenvalue weighted by Gasteiger charge is -2.22. The molecule has 0 aliphatic carbocycles. The molecule has 1 fully saturated rings. The second-order valence-electron chi connectivity index (χ2n) is 5.38. The van der Waals surface area contributed by atoms with E-state index in [1.807, 2.05) is 18.2 Å². The monoisotopic (exact) mass is 301 g/mol. The number of aromatic carboxylic acids is 1. The van der Waals surface area contributed by atoms with E-state index < -0.39 is 5.97 Å². The number of hydrogen-bond donors (Lipinski definition) is 2. The molecule has 22 heavy (non-hydrogen) atoms. The topological polar surface area (TPSA) is 71.7 Å². The van der Waals surface area contributed by atoms with Crippen molar-refractivity contribution in [1.29, 1.82) is 0 Å². The Morgan fingerprint density at radius 1 is 1.18 bits per heavy atom. The van der Waals surface area contributed by atoms with Crippen LogP contribution < -0.4 is 5.32 Å². The van der Waals surface area contributed by atoms with Crippen LogP contribution >= 0.6 is 0 Å². The molecule has 1 aliphatic rings. The van der Waals surface area contributed by atoms with Crippen molar-refractivity contribution in [2.75, 3.05) is 13.2 Å². The minimum Gasteiger partial charge on any atom is -0.478 e. The first kappa shape index (κ1) is 14.8. The Labute approximate surface area is 128 Å². The second kappa shape index (κ2) is 6.77. The molecule has 0 unspecified atom stereocenters. The molecule has 3 rings (SSSR count). The fraction of sp³-hybridized carbons (Fsp3) is 0.353. The molecule has 0 saturated carbocycles. The Hall–Kier alpha value is -2.11. The molecular formula is C17H19NO4. The van der Waals surface area contributed by atoms with Gasteiger partial charge in [-0.3, -0.25) is 0 Å². The molecule has 1 aromatic heterocycles. The number of nitrogens with one attached hydrogen (secondary N) is 1. The number of carboxylic acids is 1. The average molecular weight is 301 g/mol. The first-order chi connectivity index (χ1) is 10.7. The first-order valence-electron chi connectivity index (χ1n) is 7.46. The predicted molar refractivity (Wildman–Crippen MR) is 81.8 cm³/mol. The van der Waals surface area contributed by atoms with Crippen molar-refractivity contribution < 1.29 is 19.1 Å². The summed E-state index contributed by atoms with van der Waals surface area (Å²) in [5.74, 6) is 0.442. The molecule has 1 aromatic carbocycles. The van der Waals surface area contributed by atoms with Crippen molar-refractivity contribution in [3.63, 3.8) is 0 Å². The van der Waals surface area contributed by atoms with Gasteiger partial charge < -0.3 is 19.6 Å². The van der Waals surface area contributed by atoms with E-state index in [1.165, 1.54) is 0 Å². The molecule has 2 heterocycles. The highest BCUT2D eigenvalue weighted by atomic mass is 16.5. The number of rotatable bonds is 5. The molecule has 0 amide bonds. The van der Waals surface area contributed by atoms with Crippen LogP contribution in [0.5, 0.6) is 0 Å². The van der Waals surface area contributed by atoms with Gasteiger partial charge >= 0.3 is 5.97 Å². The molecule has 5 nitrogen and oxygen atoms in total. The van der Waals surface area contributed by atoms with Crippen molar-refractivity contribution in [3.05, 3.63) is 47.7 Å². The minimum atomic E-state index is -0.950. The van der Waals surface area contributed by atoms with Crippen LogP contribution in [0.3, 0.4) is 0 Å². The number of furan rings is 1. The second-order valence-corrected chi connectivity index (χ2v) is 5.38. The summed E-state index contributed by atoms with van der Waals surface area (Å²) < 4.78 is 11.1. The van der Waals surface area contributed by atoms with E-state index in [2.05, 4.69) is 5.32 Å². The van der Waals surface area contributed by atoms with Gasteiger partial charge in [-0.05, 0) is 31.0 Å². The van der Waals surface area contributed by atoms with E-state index in [9.17, 15) is 9.90 Å². The molecule has 5 heteroatoms. The maximum Gasteiger partial charge on any atom is 0.336 e. The van der Waals surface area contributed by atoms with Crippen LogP contribution in [0.15, 0.2) is 40.8 Å². The molecule has 2 aromatic rings. The van der Waals surface area contributed by atoms with E-state index in [0.29, 0.717) is 23.9 Å². The summed E-state index contributed by atoms with van der Waals surface area (Å²) in [5, 5.41) is 12.7. The molecule has 116 valence electrons. The molecule has 1 aliphatic heterocycles. The highest BCUT2D eigenvalue weighted by Crippen LogP contribution is 2.26. The molecule has 2 N–H and O–H groups in total.